The number of aromatic nitrogens is 1. The van der Waals surface area contributed by atoms with Gasteiger partial charge in [0.15, 0.2) is 0 Å². The Labute approximate surface area is 186 Å². The van der Waals surface area contributed by atoms with Crippen LogP contribution in [0.3, 0.4) is 0 Å². The first-order chi connectivity index (χ1) is 15.7. The lowest BCUT2D eigenvalue weighted by Gasteiger charge is -2.33. The van der Waals surface area contributed by atoms with Crippen molar-refractivity contribution in [2.45, 2.75) is 18.9 Å². The lowest BCUT2D eigenvalue weighted by molar-refractivity contribution is 0.0698. The van der Waals surface area contributed by atoms with Gasteiger partial charge >= 0.3 is 5.97 Å². The molecule has 1 aliphatic rings. The van der Waals surface area contributed by atoms with Crippen molar-refractivity contribution < 1.29 is 14.3 Å². The zero-order valence-corrected chi connectivity index (χ0v) is 17.6. The van der Waals surface area contributed by atoms with E-state index in [2.05, 4.69) is 45.9 Å². The van der Waals surface area contributed by atoms with E-state index in [1.165, 1.54) is 11.8 Å². The molecule has 0 bridgehead atoms. The van der Waals surface area contributed by atoms with Crippen LogP contribution >= 0.6 is 0 Å². The molecule has 0 saturated heterocycles. The molecule has 3 N–H and O–H groups in total. The number of carboxylic acids is 1. The fourth-order valence-corrected chi connectivity index (χ4v) is 4.55. The topological polar surface area (TPSA) is 87.4 Å². The van der Waals surface area contributed by atoms with Crippen molar-refractivity contribution in [3.8, 4) is 0 Å². The molecular weight excluding hydrogens is 402 g/mol. The van der Waals surface area contributed by atoms with Crippen LogP contribution in [-0.4, -0.2) is 29.1 Å². The summed E-state index contributed by atoms with van der Waals surface area (Å²) in [4.78, 5) is 16.0. The largest absolute Gasteiger partial charge is 0.478 e. The maximum Gasteiger partial charge on any atom is 0.339 e. The van der Waals surface area contributed by atoms with Crippen LogP contribution in [0, 0.1) is 5.92 Å². The molecule has 0 unspecified atom stereocenters. The summed E-state index contributed by atoms with van der Waals surface area (Å²) in [6, 6.07) is 20.5. The molecule has 162 valence electrons. The quantitative estimate of drug-likeness (QED) is 0.397. The highest BCUT2D eigenvalue weighted by molar-refractivity contribution is 6.02. The third-order valence-electron chi connectivity index (χ3n) is 6.18. The van der Waals surface area contributed by atoms with E-state index in [-0.39, 0.29) is 11.6 Å². The van der Waals surface area contributed by atoms with Crippen LogP contribution < -0.4 is 10.6 Å². The summed E-state index contributed by atoms with van der Waals surface area (Å²) < 4.78 is 5.36. The van der Waals surface area contributed by atoms with Gasteiger partial charge in [0.05, 0.1) is 11.4 Å². The molecule has 0 spiro atoms. The second kappa shape index (κ2) is 8.85. The smallest absolute Gasteiger partial charge is 0.339 e. The summed E-state index contributed by atoms with van der Waals surface area (Å²) in [5, 5.41) is 17.3. The van der Waals surface area contributed by atoms with Gasteiger partial charge in [-0.3, -0.25) is 4.98 Å². The molecule has 1 aliphatic heterocycles. The first kappa shape index (κ1) is 20.3. The summed E-state index contributed by atoms with van der Waals surface area (Å²) >= 11 is 0. The number of hydrogen-bond acceptors (Lipinski definition) is 5. The average molecular weight is 428 g/mol. The minimum Gasteiger partial charge on any atom is -0.478 e. The Bertz CT molecular complexity index is 1240. The Hall–Kier alpha value is -3.64. The molecule has 6 heteroatoms. The minimum atomic E-state index is -0.971. The van der Waals surface area contributed by atoms with E-state index in [4.69, 9.17) is 4.42 Å². The van der Waals surface area contributed by atoms with Crippen molar-refractivity contribution in [1.82, 2.24) is 10.3 Å². The normalized spacial score (nSPS) is 16.3. The summed E-state index contributed by atoms with van der Waals surface area (Å²) in [5.41, 5.74) is 5.38. The van der Waals surface area contributed by atoms with Gasteiger partial charge in [-0.1, -0.05) is 36.4 Å². The molecule has 2 aromatic heterocycles. The highest BCUT2D eigenvalue weighted by atomic mass is 16.4. The summed E-state index contributed by atoms with van der Waals surface area (Å²) in [6.45, 7) is 1.66. The molecule has 2 atom stereocenters. The van der Waals surface area contributed by atoms with Gasteiger partial charge in [-0.05, 0) is 54.8 Å². The number of hydrogen-bond donors (Lipinski definition) is 3. The molecule has 0 saturated carbocycles. The highest BCUT2D eigenvalue weighted by Gasteiger charge is 2.27. The Morgan fingerprint density at radius 1 is 1.19 bits per heavy atom. The molecule has 0 radical (unpaired) electrons. The third kappa shape index (κ3) is 4.09. The number of nitrogens with zero attached hydrogens (tertiary/aromatic N) is 1. The predicted octanol–water partition coefficient (Wildman–Crippen LogP) is 4.68. The van der Waals surface area contributed by atoms with Crippen molar-refractivity contribution in [3.63, 3.8) is 0 Å². The molecule has 0 amide bonds. The van der Waals surface area contributed by atoms with Gasteiger partial charge in [-0.15, -0.1) is 0 Å². The van der Waals surface area contributed by atoms with Crippen molar-refractivity contribution in [2.24, 2.45) is 5.92 Å². The standard InChI is InChI=1S/C26H25N3O3/c30-26(31)21-16-32-24-9-8-17(13-20(21)24)10-12-28-25(18-5-2-1-3-6-18)19-14-23-22(29-15-19)7-4-11-27-23/h1-9,11,13,16,19,25,28-29H,10,12,14-15H2,(H,30,31)/t19-,25-/m1/s1. The number of fused-ring (bicyclic) bond motifs is 2. The first-order valence-electron chi connectivity index (χ1n) is 10.9. The minimum absolute atomic E-state index is 0.186. The van der Waals surface area contributed by atoms with Crippen LogP contribution in [0.5, 0.6) is 0 Å². The highest BCUT2D eigenvalue weighted by Crippen LogP contribution is 2.31. The molecular formula is C26H25N3O3. The number of pyridine rings is 1. The van der Waals surface area contributed by atoms with Gasteiger partial charge in [0.2, 0.25) is 0 Å². The fourth-order valence-electron chi connectivity index (χ4n) is 4.55. The van der Waals surface area contributed by atoms with E-state index in [9.17, 15) is 9.90 Å². The van der Waals surface area contributed by atoms with E-state index < -0.39 is 5.97 Å². The summed E-state index contributed by atoms with van der Waals surface area (Å²) in [5.74, 6) is -0.600. The second-order valence-corrected chi connectivity index (χ2v) is 8.22. The molecule has 3 heterocycles. The van der Waals surface area contributed by atoms with E-state index >= 15 is 0 Å². The number of carboxylic acid groups (broad SMARTS) is 1. The van der Waals surface area contributed by atoms with Crippen LogP contribution in [0.4, 0.5) is 5.69 Å². The van der Waals surface area contributed by atoms with Gasteiger partial charge < -0.3 is 20.2 Å². The Kier molecular flexibility index (Phi) is 5.60. The molecule has 32 heavy (non-hydrogen) atoms. The molecule has 5 rings (SSSR count). The number of anilines is 1. The predicted molar refractivity (Wildman–Crippen MR) is 124 cm³/mol. The average Bonchev–Trinajstić information content (AvgIpc) is 3.26. The van der Waals surface area contributed by atoms with Crippen molar-refractivity contribution in [3.05, 3.63) is 95.5 Å². The van der Waals surface area contributed by atoms with Gasteiger partial charge in [-0.2, -0.15) is 0 Å². The number of furan rings is 1. The van der Waals surface area contributed by atoms with Gasteiger partial charge in [-0.25, -0.2) is 4.79 Å². The van der Waals surface area contributed by atoms with E-state index in [0.29, 0.717) is 16.9 Å². The Morgan fingerprint density at radius 3 is 2.91 bits per heavy atom. The monoisotopic (exact) mass is 427 g/mol. The molecule has 0 fully saturated rings. The lowest BCUT2D eigenvalue weighted by atomic mass is 9.86. The first-order valence-corrected chi connectivity index (χ1v) is 10.9. The van der Waals surface area contributed by atoms with Crippen LogP contribution in [0.1, 0.15) is 33.2 Å². The lowest BCUT2D eigenvalue weighted by Crippen LogP contribution is -2.37. The van der Waals surface area contributed by atoms with E-state index in [0.717, 1.165) is 42.9 Å². The Balaban J connectivity index is 1.32. The third-order valence-corrected chi connectivity index (χ3v) is 6.18. The molecule has 2 aromatic carbocycles. The van der Waals surface area contributed by atoms with Crippen LogP contribution in [0.25, 0.3) is 11.0 Å². The van der Waals surface area contributed by atoms with Crippen molar-refractivity contribution in [2.75, 3.05) is 18.4 Å². The zero-order valence-electron chi connectivity index (χ0n) is 17.6. The van der Waals surface area contributed by atoms with Crippen molar-refractivity contribution in [1.29, 1.82) is 0 Å². The Morgan fingerprint density at radius 2 is 2.06 bits per heavy atom. The number of nitrogens with one attached hydrogen (secondary N) is 2. The van der Waals surface area contributed by atoms with Gasteiger partial charge in [0.25, 0.3) is 0 Å². The number of carbonyl (C=O) groups is 1. The molecule has 0 aliphatic carbocycles. The maximum absolute atomic E-state index is 11.4. The summed E-state index contributed by atoms with van der Waals surface area (Å²) in [7, 11) is 0. The van der Waals surface area contributed by atoms with Crippen LogP contribution in [0.2, 0.25) is 0 Å². The fraction of sp³-hybridized carbons (Fsp3) is 0.231. The van der Waals surface area contributed by atoms with Gasteiger partial charge in [0, 0.05) is 30.1 Å². The van der Waals surface area contributed by atoms with Gasteiger partial charge in [0.1, 0.15) is 17.4 Å². The molecule has 6 nitrogen and oxygen atoms in total. The number of rotatable bonds is 7. The van der Waals surface area contributed by atoms with E-state index in [1.54, 1.807) is 0 Å². The van der Waals surface area contributed by atoms with Crippen LogP contribution in [0.15, 0.2) is 77.5 Å². The number of benzene rings is 2. The maximum atomic E-state index is 11.4. The van der Waals surface area contributed by atoms with Crippen molar-refractivity contribution >= 4 is 22.6 Å². The second-order valence-electron chi connectivity index (χ2n) is 8.22. The summed E-state index contributed by atoms with van der Waals surface area (Å²) in [6.07, 6.45) is 4.87. The SMILES string of the molecule is O=C(O)c1coc2ccc(CCN[C@H](c3ccccc3)[C@H]3CNc4cccnc4C3)cc12. The van der Waals surface area contributed by atoms with Crippen LogP contribution in [-0.2, 0) is 12.8 Å². The van der Waals surface area contributed by atoms with E-state index in [1.807, 2.05) is 36.5 Å². The number of aromatic carboxylic acids is 1. The zero-order chi connectivity index (χ0) is 21.9. The molecule has 4 aromatic rings.